The number of ether oxygens (including phenoxy) is 1. The maximum atomic E-state index is 12.9. The predicted octanol–water partition coefficient (Wildman–Crippen LogP) is 2.45. The minimum Gasteiger partial charge on any atom is -0.380 e. The molecule has 0 N–H and O–H groups in total. The molecule has 5 rings (SSSR count). The first-order valence-electron chi connectivity index (χ1n) is 9.53. The van der Waals surface area contributed by atoms with Gasteiger partial charge in [0.1, 0.15) is 5.76 Å². The lowest BCUT2D eigenvalue weighted by Gasteiger charge is -2.31. The summed E-state index contributed by atoms with van der Waals surface area (Å²) in [5.41, 5.74) is 2.57. The van der Waals surface area contributed by atoms with Gasteiger partial charge in [-0.2, -0.15) is 5.10 Å². The van der Waals surface area contributed by atoms with E-state index in [1.807, 2.05) is 28.9 Å². The molecule has 3 aliphatic rings. The highest BCUT2D eigenvalue weighted by Crippen LogP contribution is 2.40. The van der Waals surface area contributed by atoms with Crippen LogP contribution in [0.4, 0.5) is 0 Å². The van der Waals surface area contributed by atoms with Crippen LogP contribution in [0, 0.1) is 5.92 Å². The largest absolute Gasteiger partial charge is 0.380 e. The van der Waals surface area contributed by atoms with Crippen LogP contribution in [0.15, 0.2) is 16.8 Å². The molecular weight excluding hydrogens is 332 g/mol. The van der Waals surface area contributed by atoms with Crippen LogP contribution in [0.3, 0.4) is 0 Å². The second-order valence-electron chi connectivity index (χ2n) is 7.97. The summed E-state index contributed by atoms with van der Waals surface area (Å²) in [6.07, 6.45) is 6.82. The first-order valence-corrected chi connectivity index (χ1v) is 9.53. The molecule has 2 fully saturated rings. The van der Waals surface area contributed by atoms with Gasteiger partial charge in [0, 0.05) is 56.4 Å². The predicted molar refractivity (Wildman–Crippen MR) is 92.7 cm³/mol. The third-order valence-corrected chi connectivity index (χ3v) is 5.51. The molecule has 0 bridgehead atoms. The fraction of sp³-hybridized carbons (Fsp3) is 0.632. The molecule has 1 unspecified atom stereocenters. The standard InChI is InChI=1S/C19H24N4O3/c1-22-7-14-8-23(19(24)16-6-17(26-21-16)13-4-5-13)9-15(18(14)20-22)11-25-10-12-2-3-12/h6-7,12-13,15H,2-5,8-11H2,1H3. The summed E-state index contributed by atoms with van der Waals surface area (Å²) >= 11 is 0. The van der Waals surface area contributed by atoms with Crippen molar-refractivity contribution in [2.24, 2.45) is 13.0 Å². The molecule has 0 saturated heterocycles. The van der Waals surface area contributed by atoms with E-state index in [-0.39, 0.29) is 11.8 Å². The molecule has 7 heteroatoms. The fourth-order valence-electron chi connectivity index (χ4n) is 3.70. The number of rotatable bonds is 6. The summed E-state index contributed by atoms with van der Waals surface area (Å²) in [6, 6.07) is 1.82. The van der Waals surface area contributed by atoms with Crippen molar-refractivity contribution < 1.29 is 14.1 Å². The molecule has 1 aliphatic heterocycles. The second kappa shape index (κ2) is 6.23. The van der Waals surface area contributed by atoms with E-state index in [0.717, 1.165) is 42.4 Å². The molecule has 0 aromatic carbocycles. The smallest absolute Gasteiger partial charge is 0.276 e. The lowest BCUT2D eigenvalue weighted by Crippen LogP contribution is -2.39. The Balaban J connectivity index is 1.32. The van der Waals surface area contributed by atoms with Crippen LogP contribution < -0.4 is 0 Å². The quantitative estimate of drug-likeness (QED) is 0.795. The van der Waals surface area contributed by atoms with Gasteiger partial charge in [-0.15, -0.1) is 0 Å². The molecule has 138 valence electrons. The van der Waals surface area contributed by atoms with Gasteiger partial charge >= 0.3 is 0 Å². The fourth-order valence-corrected chi connectivity index (χ4v) is 3.70. The van der Waals surface area contributed by atoms with Crippen LogP contribution in [0.1, 0.15) is 65.0 Å². The average molecular weight is 356 g/mol. The zero-order valence-electron chi connectivity index (χ0n) is 15.1. The van der Waals surface area contributed by atoms with Crippen LogP contribution in [-0.4, -0.2) is 45.5 Å². The number of hydrogen-bond acceptors (Lipinski definition) is 5. The first kappa shape index (κ1) is 16.1. The molecule has 1 atom stereocenters. The molecule has 2 aromatic heterocycles. The van der Waals surface area contributed by atoms with Gasteiger partial charge < -0.3 is 14.2 Å². The average Bonchev–Trinajstić information content (AvgIpc) is 3.55. The molecule has 2 aliphatic carbocycles. The molecule has 0 radical (unpaired) electrons. The van der Waals surface area contributed by atoms with Crippen molar-refractivity contribution in [2.45, 2.75) is 44.1 Å². The first-order chi connectivity index (χ1) is 12.7. The topological polar surface area (TPSA) is 73.4 Å². The summed E-state index contributed by atoms with van der Waals surface area (Å²) in [5, 5.41) is 8.63. The van der Waals surface area contributed by atoms with E-state index in [2.05, 4.69) is 10.3 Å². The molecule has 2 saturated carbocycles. The van der Waals surface area contributed by atoms with Crippen LogP contribution in [-0.2, 0) is 18.3 Å². The van der Waals surface area contributed by atoms with E-state index in [9.17, 15) is 4.79 Å². The van der Waals surface area contributed by atoms with Crippen LogP contribution in [0.5, 0.6) is 0 Å². The number of nitrogens with zero attached hydrogens (tertiary/aromatic N) is 4. The second-order valence-corrected chi connectivity index (χ2v) is 7.97. The highest BCUT2D eigenvalue weighted by molar-refractivity contribution is 5.92. The van der Waals surface area contributed by atoms with Crippen LogP contribution in [0.2, 0.25) is 0 Å². The van der Waals surface area contributed by atoms with Crippen molar-refractivity contribution in [3.63, 3.8) is 0 Å². The van der Waals surface area contributed by atoms with E-state index >= 15 is 0 Å². The number of aryl methyl sites for hydroxylation is 1. The Bertz CT molecular complexity index is 819. The lowest BCUT2D eigenvalue weighted by atomic mass is 9.97. The molecule has 7 nitrogen and oxygen atoms in total. The Hall–Kier alpha value is -2.15. The molecule has 2 aromatic rings. The highest BCUT2D eigenvalue weighted by Gasteiger charge is 2.34. The van der Waals surface area contributed by atoms with Gasteiger partial charge in [0.25, 0.3) is 5.91 Å². The van der Waals surface area contributed by atoms with Crippen molar-refractivity contribution in [3.05, 3.63) is 35.0 Å². The number of hydrogen-bond donors (Lipinski definition) is 0. The summed E-state index contributed by atoms with van der Waals surface area (Å²) in [6.45, 7) is 2.60. The van der Waals surface area contributed by atoms with Gasteiger partial charge in [0.05, 0.1) is 12.3 Å². The number of amides is 1. The van der Waals surface area contributed by atoms with Crippen molar-refractivity contribution >= 4 is 5.91 Å². The van der Waals surface area contributed by atoms with Gasteiger partial charge in [-0.1, -0.05) is 5.16 Å². The Morgan fingerprint density at radius 3 is 2.92 bits per heavy atom. The highest BCUT2D eigenvalue weighted by atomic mass is 16.5. The Morgan fingerprint density at radius 1 is 1.31 bits per heavy atom. The Kier molecular flexibility index (Phi) is 3.85. The van der Waals surface area contributed by atoms with Crippen molar-refractivity contribution in [3.8, 4) is 0 Å². The van der Waals surface area contributed by atoms with Crippen LogP contribution in [0.25, 0.3) is 0 Å². The number of carbonyl (C=O) groups is 1. The third-order valence-electron chi connectivity index (χ3n) is 5.51. The summed E-state index contributed by atoms with van der Waals surface area (Å²) in [4.78, 5) is 14.8. The SMILES string of the molecule is Cn1cc2c(n1)C(COCC1CC1)CN(C(=O)c1cc(C3CC3)on1)C2. The maximum absolute atomic E-state index is 12.9. The zero-order chi connectivity index (χ0) is 17.7. The van der Waals surface area contributed by atoms with E-state index in [1.54, 1.807) is 0 Å². The zero-order valence-corrected chi connectivity index (χ0v) is 15.1. The Labute approximate surface area is 152 Å². The molecule has 3 heterocycles. The summed E-state index contributed by atoms with van der Waals surface area (Å²) in [5.74, 6) is 2.07. The number of fused-ring (bicyclic) bond motifs is 1. The summed E-state index contributed by atoms with van der Waals surface area (Å²) in [7, 11) is 1.92. The maximum Gasteiger partial charge on any atom is 0.276 e. The normalized spacial score (nSPS) is 22.5. The van der Waals surface area contributed by atoms with E-state index in [1.165, 1.54) is 12.8 Å². The monoisotopic (exact) mass is 356 g/mol. The molecule has 26 heavy (non-hydrogen) atoms. The van der Waals surface area contributed by atoms with Crippen molar-refractivity contribution in [2.75, 3.05) is 19.8 Å². The van der Waals surface area contributed by atoms with Gasteiger partial charge in [-0.3, -0.25) is 9.48 Å². The van der Waals surface area contributed by atoms with Crippen molar-refractivity contribution in [1.82, 2.24) is 19.8 Å². The minimum atomic E-state index is -0.0673. The van der Waals surface area contributed by atoms with Gasteiger partial charge in [0.2, 0.25) is 0 Å². The van der Waals surface area contributed by atoms with Gasteiger partial charge in [-0.05, 0) is 31.6 Å². The van der Waals surface area contributed by atoms with E-state index in [0.29, 0.717) is 31.3 Å². The van der Waals surface area contributed by atoms with Crippen molar-refractivity contribution in [1.29, 1.82) is 0 Å². The molecule has 0 spiro atoms. The lowest BCUT2D eigenvalue weighted by molar-refractivity contribution is 0.0617. The van der Waals surface area contributed by atoms with E-state index < -0.39 is 0 Å². The van der Waals surface area contributed by atoms with Crippen LogP contribution >= 0.6 is 0 Å². The third kappa shape index (κ3) is 3.16. The number of carbonyl (C=O) groups excluding carboxylic acids is 1. The number of aromatic nitrogens is 3. The summed E-state index contributed by atoms with van der Waals surface area (Å²) < 4.78 is 13.1. The molecule has 1 amide bonds. The van der Waals surface area contributed by atoms with Gasteiger partial charge in [-0.25, -0.2) is 0 Å². The van der Waals surface area contributed by atoms with Gasteiger partial charge in [0.15, 0.2) is 5.69 Å². The Morgan fingerprint density at radius 2 is 2.15 bits per heavy atom. The minimum absolute atomic E-state index is 0.0673. The molecular formula is C19H24N4O3. The van der Waals surface area contributed by atoms with E-state index in [4.69, 9.17) is 9.26 Å².